The van der Waals surface area contributed by atoms with E-state index in [1.165, 1.54) is 4.90 Å². The Morgan fingerprint density at radius 3 is 2.29 bits per heavy atom. The summed E-state index contributed by atoms with van der Waals surface area (Å²) < 4.78 is 10.8. The third-order valence-corrected chi connectivity index (χ3v) is 6.00. The number of rotatable bonds is 6. The average molecular weight is 475 g/mol. The number of aliphatic hydroxyl groups excluding tert-OH is 1. The molecule has 2 heterocycles. The topological polar surface area (TPSA) is 92.9 Å². The van der Waals surface area contributed by atoms with E-state index < -0.39 is 17.7 Å². The number of ether oxygens (including phenoxy) is 1. The Morgan fingerprint density at radius 1 is 1.09 bits per heavy atom. The number of ketones is 1. The Labute approximate surface area is 205 Å². The molecular weight excluding hydrogens is 444 g/mol. The monoisotopic (exact) mass is 474 g/mol. The van der Waals surface area contributed by atoms with Gasteiger partial charge < -0.3 is 14.4 Å². The normalized spacial score (nSPS) is 17.7. The lowest BCUT2D eigenvalue weighted by molar-refractivity contribution is -0.132. The zero-order chi connectivity index (χ0) is 25.3. The predicted molar refractivity (Wildman–Crippen MR) is 133 cm³/mol. The number of aliphatic hydroxyl groups is 1. The number of amides is 1. The summed E-state index contributed by atoms with van der Waals surface area (Å²) in [5.74, 6) is -0.412. The van der Waals surface area contributed by atoms with E-state index in [1.807, 2.05) is 31.2 Å². The van der Waals surface area contributed by atoms with Gasteiger partial charge in [0.15, 0.2) is 5.82 Å². The largest absolute Gasteiger partial charge is 0.507 e. The second-order valence-electron chi connectivity index (χ2n) is 9.71. The van der Waals surface area contributed by atoms with Crippen molar-refractivity contribution >= 4 is 23.3 Å². The summed E-state index contributed by atoms with van der Waals surface area (Å²) in [5, 5.41) is 15.2. The van der Waals surface area contributed by atoms with Gasteiger partial charge >= 0.3 is 5.91 Å². The van der Waals surface area contributed by atoms with Gasteiger partial charge in [0.2, 0.25) is 0 Å². The molecule has 0 aliphatic carbocycles. The Morgan fingerprint density at radius 2 is 1.74 bits per heavy atom. The van der Waals surface area contributed by atoms with Crippen molar-refractivity contribution in [2.75, 3.05) is 11.5 Å². The van der Waals surface area contributed by atoms with Crippen LogP contribution >= 0.6 is 0 Å². The van der Waals surface area contributed by atoms with Crippen molar-refractivity contribution in [2.45, 2.75) is 52.5 Å². The summed E-state index contributed by atoms with van der Waals surface area (Å²) >= 11 is 0. The molecule has 1 aliphatic rings. The molecule has 7 nitrogen and oxygen atoms in total. The van der Waals surface area contributed by atoms with Crippen LogP contribution < -0.4 is 9.64 Å². The Kier molecular flexibility index (Phi) is 6.52. The van der Waals surface area contributed by atoms with Crippen LogP contribution in [0.3, 0.4) is 0 Å². The highest BCUT2D eigenvalue weighted by atomic mass is 16.5. The molecule has 0 unspecified atom stereocenters. The SMILES string of the molecule is CCCOc1ccc(/C(O)=C2\C(=O)C(=O)N(c3cc(C)on3)[C@@H]2c2ccc(C(C)(C)C)cc2)cc1. The van der Waals surface area contributed by atoms with Gasteiger partial charge in [-0.3, -0.25) is 14.5 Å². The smallest absolute Gasteiger partial charge is 0.301 e. The van der Waals surface area contributed by atoms with E-state index in [2.05, 4.69) is 25.9 Å². The number of nitrogens with zero attached hydrogens (tertiary/aromatic N) is 2. The number of hydrogen-bond donors (Lipinski definition) is 1. The first kappa shape index (κ1) is 24.3. The first-order chi connectivity index (χ1) is 16.6. The zero-order valence-corrected chi connectivity index (χ0v) is 20.7. The maximum atomic E-state index is 13.2. The Balaban J connectivity index is 1.83. The molecule has 1 saturated heterocycles. The van der Waals surface area contributed by atoms with Crippen molar-refractivity contribution in [1.82, 2.24) is 5.16 Å². The van der Waals surface area contributed by atoms with Crippen molar-refractivity contribution in [3.63, 3.8) is 0 Å². The van der Waals surface area contributed by atoms with Crippen molar-refractivity contribution in [3.05, 3.63) is 82.6 Å². The molecule has 1 atom stereocenters. The van der Waals surface area contributed by atoms with Crippen LogP contribution in [0.15, 0.2) is 64.7 Å². The van der Waals surface area contributed by atoms with Gasteiger partial charge in [0.1, 0.15) is 17.3 Å². The molecule has 0 spiro atoms. The van der Waals surface area contributed by atoms with Gasteiger partial charge in [-0.05, 0) is 54.2 Å². The lowest BCUT2D eigenvalue weighted by Gasteiger charge is -2.24. The molecule has 0 bridgehead atoms. The molecule has 182 valence electrons. The first-order valence-electron chi connectivity index (χ1n) is 11.7. The highest BCUT2D eigenvalue weighted by Gasteiger charge is 2.48. The third kappa shape index (κ3) is 4.71. The average Bonchev–Trinajstić information content (AvgIpc) is 3.37. The number of anilines is 1. The van der Waals surface area contributed by atoms with Crippen LogP contribution in [0.2, 0.25) is 0 Å². The number of benzene rings is 2. The van der Waals surface area contributed by atoms with Gasteiger partial charge in [0.05, 0.1) is 18.2 Å². The lowest BCUT2D eigenvalue weighted by atomic mass is 9.85. The molecule has 1 amide bonds. The van der Waals surface area contributed by atoms with E-state index in [1.54, 1.807) is 37.3 Å². The maximum Gasteiger partial charge on any atom is 0.301 e. The van der Waals surface area contributed by atoms with Gasteiger partial charge in [-0.2, -0.15) is 0 Å². The van der Waals surface area contributed by atoms with E-state index in [0.717, 1.165) is 12.0 Å². The van der Waals surface area contributed by atoms with Crippen LogP contribution in [-0.2, 0) is 15.0 Å². The van der Waals surface area contributed by atoms with Crippen LogP contribution in [0.5, 0.6) is 5.75 Å². The number of Topliss-reactive ketones (excluding diaryl/α,β-unsaturated/α-hetero) is 1. The molecular formula is C28H30N2O5. The van der Waals surface area contributed by atoms with E-state index in [4.69, 9.17) is 9.26 Å². The lowest BCUT2D eigenvalue weighted by Crippen LogP contribution is -2.29. The van der Waals surface area contributed by atoms with Crippen LogP contribution in [-0.4, -0.2) is 28.6 Å². The number of aromatic nitrogens is 1. The highest BCUT2D eigenvalue weighted by molar-refractivity contribution is 6.51. The van der Waals surface area contributed by atoms with Crippen LogP contribution in [0.25, 0.3) is 5.76 Å². The van der Waals surface area contributed by atoms with Crippen LogP contribution in [0.4, 0.5) is 5.82 Å². The quantitative estimate of drug-likeness (QED) is 0.280. The molecule has 1 aromatic heterocycles. The standard InChI is InChI=1S/C28H30N2O5/c1-6-15-34-21-13-9-19(10-14-21)25(31)23-24(18-7-11-20(12-8-18)28(3,4)5)30(27(33)26(23)32)22-16-17(2)35-29-22/h7-14,16,24,31H,6,15H2,1-5H3/b25-23+/t24-/m1/s1. The van der Waals surface area contributed by atoms with Crippen molar-refractivity contribution in [3.8, 4) is 5.75 Å². The highest BCUT2D eigenvalue weighted by Crippen LogP contribution is 2.42. The molecule has 7 heteroatoms. The molecule has 0 radical (unpaired) electrons. The summed E-state index contributed by atoms with van der Waals surface area (Å²) in [4.78, 5) is 27.7. The second-order valence-corrected chi connectivity index (χ2v) is 9.71. The first-order valence-corrected chi connectivity index (χ1v) is 11.7. The van der Waals surface area contributed by atoms with Gasteiger partial charge in [0.25, 0.3) is 5.78 Å². The minimum absolute atomic E-state index is 0.00129. The molecule has 35 heavy (non-hydrogen) atoms. The summed E-state index contributed by atoms with van der Waals surface area (Å²) in [5.41, 5.74) is 2.15. The number of hydrogen-bond acceptors (Lipinski definition) is 6. The molecule has 3 aromatic rings. The predicted octanol–water partition coefficient (Wildman–Crippen LogP) is 5.70. The van der Waals surface area contributed by atoms with E-state index in [-0.39, 0.29) is 22.6 Å². The number of carbonyl (C=O) groups is 2. The van der Waals surface area contributed by atoms with Crippen molar-refractivity contribution in [2.24, 2.45) is 0 Å². The molecule has 1 N–H and O–H groups in total. The van der Waals surface area contributed by atoms with Gasteiger partial charge in [0, 0.05) is 11.6 Å². The minimum atomic E-state index is -0.857. The summed E-state index contributed by atoms with van der Waals surface area (Å²) in [7, 11) is 0. The Hall–Kier alpha value is -3.87. The molecule has 1 aliphatic heterocycles. The van der Waals surface area contributed by atoms with Crippen molar-refractivity contribution < 1.29 is 24.0 Å². The zero-order valence-electron chi connectivity index (χ0n) is 20.7. The van der Waals surface area contributed by atoms with E-state index in [9.17, 15) is 14.7 Å². The summed E-state index contributed by atoms with van der Waals surface area (Å²) in [6.45, 7) is 10.6. The maximum absolute atomic E-state index is 13.2. The van der Waals surface area contributed by atoms with Crippen molar-refractivity contribution in [1.29, 1.82) is 0 Å². The number of carbonyl (C=O) groups excluding carboxylic acids is 2. The Bertz CT molecular complexity index is 1260. The van der Waals surface area contributed by atoms with Gasteiger partial charge in [-0.1, -0.05) is 57.1 Å². The van der Waals surface area contributed by atoms with Gasteiger partial charge in [-0.15, -0.1) is 0 Å². The fraction of sp³-hybridized carbons (Fsp3) is 0.321. The third-order valence-electron chi connectivity index (χ3n) is 6.00. The summed E-state index contributed by atoms with van der Waals surface area (Å²) in [6, 6.07) is 15.3. The number of aryl methyl sites for hydroxylation is 1. The van der Waals surface area contributed by atoms with E-state index >= 15 is 0 Å². The molecule has 0 saturated carbocycles. The fourth-order valence-corrected chi connectivity index (χ4v) is 4.10. The molecule has 2 aromatic carbocycles. The van der Waals surface area contributed by atoms with Crippen LogP contribution in [0.1, 0.15) is 62.6 Å². The van der Waals surface area contributed by atoms with Gasteiger partial charge in [-0.25, -0.2) is 0 Å². The summed E-state index contributed by atoms with van der Waals surface area (Å²) in [6.07, 6.45) is 0.876. The molecule has 1 fully saturated rings. The van der Waals surface area contributed by atoms with E-state index in [0.29, 0.717) is 29.2 Å². The molecule has 4 rings (SSSR count). The second kappa shape index (κ2) is 9.41. The fourth-order valence-electron chi connectivity index (χ4n) is 4.10. The minimum Gasteiger partial charge on any atom is -0.507 e. The van der Waals surface area contributed by atoms with Crippen LogP contribution in [0, 0.1) is 6.92 Å².